The Morgan fingerprint density at radius 1 is 1.18 bits per heavy atom. The Balaban J connectivity index is 3.02. The van der Waals surface area contributed by atoms with Crippen LogP contribution < -0.4 is 0 Å². The van der Waals surface area contributed by atoms with Crippen LogP contribution in [0.1, 0.15) is 50.6 Å². The lowest BCUT2D eigenvalue weighted by Gasteiger charge is -2.30. The van der Waals surface area contributed by atoms with Crippen molar-refractivity contribution in [3.8, 4) is 0 Å². The molecule has 1 heterocycles. The fraction of sp³-hybridized carbons (Fsp3) is 0.786. The van der Waals surface area contributed by atoms with Crippen LogP contribution in [0.25, 0.3) is 0 Å². The lowest BCUT2D eigenvalue weighted by molar-refractivity contribution is 0.244. The lowest BCUT2D eigenvalue weighted by atomic mass is 9.84. The van der Waals surface area contributed by atoms with Crippen molar-refractivity contribution in [3.63, 3.8) is 0 Å². The SMILES string of the molecule is CCc1c(C)nn(CC(CC)(CC)CS)c1C. The van der Waals surface area contributed by atoms with Gasteiger partial charge in [-0.3, -0.25) is 4.68 Å². The van der Waals surface area contributed by atoms with E-state index >= 15 is 0 Å². The summed E-state index contributed by atoms with van der Waals surface area (Å²) in [5, 5.41) is 4.69. The van der Waals surface area contributed by atoms with Gasteiger partial charge in [0, 0.05) is 12.2 Å². The fourth-order valence-electron chi connectivity index (χ4n) is 2.46. The molecule has 1 aromatic rings. The molecule has 0 saturated heterocycles. The molecule has 0 atom stereocenters. The zero-order valence-electron chi connectivity index (χ0n) is 11.9. The van der Waals surface area contributed by atoms with Crippen LogP contribution in [0.4, 0.5) is 0 Å². The van der Waals surface area contributed by atoms with Crippen molar-refractivity contribution >= 4 is 12.6 Å². The highest BCUT2D eigenvalue weighted by molar-refractivity contribution is 7.80. The molecule has 0 spiro atoms. The van der Waals surface area contributed by atoms with Crippen LogP contribution >= 0.6 is 12.6 Å². The minimum Gasteiger partial charge on any atom is -0.269 e. The summed E-state index contributed by atoms with van der Waals surface area (Å²) in [4.78, 5) is 0. The van der Waals surface area contributed by atoms with Gasteiger partial charge in [-0.2, -0.15) is 17.7 Å². The Morgan fingerprint density at radius 2 is 1.76 bits per heavy atom. The quantitative estimate of drug-likeness (QED) is 0.765. The van der Waals surface area contributed by atoms with Crippen LogP contribution in [0, 0.1) is 19.3 Å². The van der Waals surface area contributed by atoms with Crippen molar-refractivity contribution in [2.75, 3.05) is 5.75 Å². The topological polar surface area (TPSA) is 17.8 Å². The van der Waals surface area contributed by atoms with E-state index in [-0.39, 0.29) is 5.41 Å². The first-order valence-corrected chi connectivity index (χ1v) is 7.30. The molecule has 1 rings (SSSR count). The molecule has 0 fully saturated rings. The predicted molar refractivity (Wildman–Crippen MR) is 77.9 cm³/mol. The normalized spacial score (nSPS) is 12.1. The summed E-state index contributed by atoms with van der Waals surface area (Å²) in [5.41, 5.74) is 4.21. The number of hydrogen-bond donors (Lipinski definition) is 1. The number of nitrogens with zero attached hydrogens (tertiary/aromatic N) is 2. The maximum absolute atomic E-state index is 4.69. The predicted octanol–water partition coefficient (Wildman–Crippen LogP) is 3.80. The van der Waals surface area contributed by atoms with E-state index in [0.717, 1.165) is 31.6 Å². The second kappa shape index (κ2) is 5.94. The average molecular weight is 254 g/mol. The van der Waals surface area contributed by atoms with E-state index < -0.39 is 0 Å². The molecule has 1 aromatic heterocycles. The Hall–Kier alpha value is -0.440. The van der Waals surface area contributed by atoms with Crippen LogP contribution in [-0.4, -0.2) is 15.5 Å². The third-order valence-electron chi connectivity index (χ3n) is 4.21. The second-order valence-corrected chi connectivity index (χ2v) is 5.34. The zero-order valence-corrected chi connectivity index (χ0v) is 12.8. The van der Waals surface area contributed by atoms with Gasteiger partial charge in [-0.05, 0) is 49.8 Å². The third-order valence-corrected chi connectivity index (χ3v) is 4.88. The molecule has 0 aliphatic heterocycles. The van der Waals surface area contributed by atoms with Gasteiger partial charge < -0.3 is 0 Å². The van der Waals surface area contributed by atoms with Gasteiger partial charge in [-0.25, -0.2) is 0 Å². The molecule has 3 heteroatoms. The van der Waals surface area contributed by atoms with Crippen molar-refractivity contribution in [2.45, 2.75) is 60.4 Å². The number of hydrogen-bond acceptors (Lipinski definition) is 2. The van der Waals surface area contributed by atoms with Gasteiger partial charge in [-0.15, -0.1) is 0 Å². The summed E-state index contributed by atoms with van der Waals surface area (Å²) in [6, 6.07) is 0. The first-order valence-electron chi connectivity index (χ1n) is 6.67. The number of aryl methyl sites for hydroxylation is 1. The van der Waals surface area contributed by atoms with Gasteiger partial charge >= 0.3 is 0 Å². The number of rotatable bonds is 6. The van der Waals surface area contributed by atoms with Crippen molar-refractivity contribution in [1.29, 1.82) is 0 Å². The molecule has 0 aliphatic carbocycles. The van der Waals surface area contributed by atoms with Gasteiger partial charge in [0.15, 0.2) is 0 Å². The smallest absolute Gasteiger partial charge is 0.0628 e. The number of thiol groups is 1. The highest BCUT2D eigenvalue weighted by Crippen LogP contribution is 2.31. The highest BCUT2D eigenvalue weighted by Gasteiger charge is 2.26. The van der Waals surface area contributed by atoms with Crippen molar-refractivity contribution in [2.24, 2.45) is 5.41 Å². The van der Waals surface area contributed by atoms with E-state index in [1.165, 1.54) is 17.0 Å². The van der Waals surface area contributed by atoms with Crippen LogP contribution in [0.15, 0.2) is 0 Å². The van der Waals surface area contributed by atoms with E-state index in [9.17, 15) is 0 Å². The molecule has 0 radical (unpaired) electrons. The zero-order chi connectivity index (χ0) is 13.1. The molecule has 0 bridgehead atoms. The number of aromatic nitrogens is 2. The monoisotopic (exact) mass is 254 g/mol. The standard InChI is InChI=1S/C14H26N2S/c1-6-13-11(4)15-16(12(13)5)9-14(7-2,8-3)10-17/h17H,6-10H2,1-5H3. The fourth-order valence-corrected chi connectivity index (χ4v) is 3.01. The molecule has 0 N–H and O–H groups in total. The largest absolute Gasteiger partial charge is 0.269 e. The van der Waals surface area contributed by atoms with E-state index in [1.807, 2.05) is 0 Å². The lowest BCUT2D eigenvalue weighted by Crippen LogP contribution is -2.28. The average Bonchev–Trinajstić information content (AvgIpc) is 2.61. The van der Waals surface area contributed by atoms with Crippen LogP contribution in [-0.2, 0) is 13.0 Å². The van der Waals surface area contributed by atoms with Gasteiger partial charge in [0.1, 0.15) is 0 Å². The summed E-state index contributed by atoms with van der Waals surface area (Å²) in [5.74, 6) is 0.930. The van der Waals surface area contributed by atoms with Crippen LogP contribution in [0.5, 0.6) is 0 Å². The maximum Gasteiger partial charge on any atom is 0.0628 e. The van der Waals surface area contributed by atoms with Gasteiger partial charge in [-0.1, -0.05) is 20.8 Å². The Labute approximate surface area is 111 Å². The van der Waals surface area contributed by atoms with Crippen molar-refractivity contribution in [1.82, 2.24) is 9.78 Å². The van der Waals surface area contributed by atoms with Gasteiger partial charge in [0.2, 0.25) is 0 Å². The summed E-state index contributed by atoms with van der Waals surface area (Å²) in [6.07, 6.45) is 3.39. The molecule has 0 aromatic carbocycles. The summed E-state index contributed by atoms with van der Waals surface area (Å²) >= 11 is 4.54. The summed E-state index contributed by atoms with van der Waals surface area (Å²) in [7, 11) is 0. The summed E-state index contributed by atoms with van der Waals surface area (Å²) < 4.78 is 2.19. The Kier molecular flexibility index (Phi) is 5.11. The molecule has 0 unspecified atom stereocenters. The van der Waals surface area contributed by atoms with E-state index in [4.69, 9.17) is 5.10 Å². The van der Waals surface area contributed by atoms with Gasteiger partial charge in [0.25, 0.3) is 0 Å². The second-order valence-electron chi connectivity index (χ2n) is 5.03. The third kappa shape index (κ3) is 2.87. The molecule has 0 aliphatic rings. The molecular weight excluding hydrogens is 228 g/mol. The molecule has 17 heavy (non-hydrogen) atoms. The first-order chi connectivity index (χ1) is 8.03. The van der Waals surface area contributed by atoms with E-state index in [2.05, 4.69) is 51.9 Å². The molecule has 0 saturated carbocycles. The van der Waals surface area contributed by atoms with E-state index in [0.29, 0.717) is 0 Å². The molecule has 98 valence electrons. The Morgan fingerprint density at radius 3 is 2.12 bits per heavy atom. The minimum atomic E-state index is 0.289. The first kappa shape index (κ1) is 14.6. The van der Waals surface area contributed by atoms with Crippen molar-refractivity contribution < 1.29 is 0 Å². The molecule has 2 nitrogen and oxygen atoms in total. The highest BCUT2D eigenvalue weighted by atomic mass is 32.1. The minimum absolute atomic E-state index is 0.289. The van der Waals surface area contributed by atoms with Crippen molar-refractivity contribution in [3.05, 3.63) is 17.0 Å². The van der Waals surface area contributed by atoms with Gasteiger partial charge in [0.05, 0.1) is 5.69 Å². The Bertz CT molecular complexity index is 356. The summed E-state index contributed by atoms with van der Waals surface area (Å²) in [6.45, 7) is 12.0. The maximum atomic E-state index is 4.69. The van der Waals surface area contributed by atoms with Crippen LogP contribution in [0.3, 0.4) is 0 Å². The van der Waals surface area contributed by atoms with Crippen LogP contribution in [0.2, 0.25) is 0 Å². The molecular formula is C14H26N2S. The van der Waals surface area contributed by atoms with E-state index in [1.54, 1.807) is 0 Å². The molecule has 0 amide bonds.